The highest BCUT2D eigenvalue weighted by Crippen LogP contribution is 2.34. The summed E-state index contributed by atoms with van der Waals surface area (Å²) in [6.07, 6.45) is 3.72. The van der Waals surface area contributed by atoms with Gasteiger partial charge in [0, 0.05) is 49.1 Å². The normalized spacial score (nSPS) is 13.3. The zero-order valence-electron chi connectivity index (χ0n) is 25.7. The Labute approximate surface area is 266 Å². The van der Waals surface area contributed by atoms with Crippen LogP contribution in [0.1, 0.15) is 24.2 Å². The number of fused-ring (bicyclic) bond motifs is 2. The Morgan fingerprint density at radius 1 is 0.702 bits per heavy atom. The second-order valence-corrected chi connectivity index (χ2v) is 10.2. The van der Waals surface area contributed by atoms with Crippen LogP contribution in [0.15, 0.2) is 39.4 Å². The molecule has 1 saturated heterocycles. The van der Waals surface area contributed by atoms with Crippen LogP contribution in [0.4, 0.5) is 4.39 Å². The van der Waals surface area contributed by atoms with Gasteiger partial charge in [0.05, 0.1) is 25.6 Å². The molecule has 17 heteroatoms. The van der Waals surface area contributed by atoms with E-state index in [1.165, 1.54) is 12.1 Å². The van der Waals surface area contributed by atoms with Gasteiger partial charge in [-0.05, 0) is 57.0 Å². The van der Waals surface area contributed by atoms with Gasteiger partial charge >= 0.3 is 23.9 Å². The van der Waals surface area contributed by atoms with Gasteiger partial charge in [0.1, 0.15) is 5.82 Å². The Bertz CT molecular complexity index is 1630. The number of hydrogen-bond acceptors (Lipinski definition) is 12. The van der Waals surface area contributed by atoms with E-state index in [0.29, 0.717) is 17.1 Å². The number of ether oxygens (including phenoxy) is 2. The summed E-state index contributed by atoms with van der Waals surface area (Å²) >= 11 is 0. The third-order valence-electron chi connectivity index (χ3n) is 7.17. The van der Waals surface area contributed by atoms with Crippen molar-refractivity contribution >= 4 is 45.8 Å². The lowest BCUT2D eigenvalue weighted by Crippen LogP contribution is -2.46. The summed E-state index contributed by atoms with van der Waals surface area (Å²) in [5.74, 6) is -6.26. The number of methoxy groups -OCH3 is 2. The Morgan fingerprint density at radius 2 is 1.13 bits per heavy atom. The number of carboxylic acids is 4. The van der Waals surface area contributed by atoms with Gasteiger partial charge in [-0.15, -0.1) is 0 Å². The van der Waals surface area contributed by atoms with E-state index in [1.807, 2.05) is 12.1 Å². The van der Waals surface area contributed by atoms with Crippen LogP contribution in [-0.4, -0.2) is 118 Å². The number of carbonyl (C=O) groups is 4. The summed E-state index contributed by atoms with van der Waals surface area (Å²) in [6.45, 7) is 6.33. The molecule has 1 fully saturated rings. The fraction of sp³-hybridized carbons (Fsp3) is 0.400. The lowest BCUT2D eigenvalue weighted by atomic mass is 10.1. The molecule has 2 aromatic heterocycles. The third kappa shape index (κ3) is 10.6. The molecule has 254 valence electrons. The molecule has 0 saturated carbocycles. The molecule has 5 rings (SSSR count). The zero-order valence-corrected chi connectivity index (χ0v) is 25.7. The van der Waals surface area contributed by atoms with Gasteiger partial charge in [0.25, 0.3) is 0 Å². The maximum absolute atomic E-state index is 13.3. The highest BCUT2D eigenvalue weighted by atomic mass is 19.1. The van der Waals surface area contributed by atoms with Crippen molar-refractivity contribution in [2.75, 3.05) is 53.5 Å². The molecule has 0 aliphatic carbocycles. The molecule has 0 radical (unpaired) electrons. The van der Waals surface area contributed by atoms with Gasteiger partial charge in [-0.3, -0.25) is 0 Å². The maximum Gasteiger partial charge on any atom is 0.414 e. The van der Waals surface area contributed by atoms with Crippen LogP contribution in [0.3, 0.4) is 0 Å². The Hall–Kier alpha value is -5.29. The average molecular weight is 663 g/mol. The molecule has 1 aliphatic rings. The van der Waals surface area contributed by atoms with Gasteiger partial charge < -0.3 is 48.7 Å². The quantitative estimate of drug-likeness (QED) is 0.179. The fourth-order valence-electron chi connectivity index (χ4n) is 4.82. The molecule has 2 aromatic carbocycles. The standard InChI is InChI=1S/C26H31FN4O4.2C2H2O4/c1-32-25-16-20-22(29-35-24(20)17-26(25)33-2)6-4-10-31-13-11-30(12-14-31)9-3-5-21-19-8-7-18(27)15-23(19)34-28-21;2*3-1(4)2(5)6/h7-8,15-17H,3-6,9-14H2,1-2H3;2*(H,3,4)(H,5,6). The highest BCUT2D eigenvalue weighted by molar-refractivity contribution is 6.27. The minimum Gasteiger partial charge on any atom is -0.493 e. The van der Waals surface area contributed by atoms with Crippen molar-refractivity contribution in [3.8, 4) is 11.5 Å². The number of hydrogen-bond donors (Lipinski definition) is 4. The predicted octanol–water partition coefficient (Wildman–Crippen LogP) is 2.62. The molecule has 16 nitrogen and oxygen atoms in total. The predicted molar refractivity (Wildman–Crippen MR) is 161 cm³/mol. The first-order valence-electron chi connectivity index (χ1n) is 14.3. The Morgan fingerprint density at radius 3 is 1.57 bits per heavy atom. The summed E-state index contributed by atoms with van der Waals surface area (Å²) in [6, 6.07) is 8.38. The van der Waals surface area contributed by atoms with Gasteiger partial charge in [0.2, 0.25) is 0 Å². The van der Waals surface area contributed by atoms with E-state index in [9.17, 15) is 4.39 Å². The molecule has 47 heavy (non-hydrogen) atoms. The summed E-state index contributed by atoms with van der Waals surface area (Å²) in [7, 11) is 3.25. The first kappa shape index (κ1) is 36.2. The number of aromatic nitrogens is 2. The van der Waals surface area contributed by atoms with E-state index in [-0.39, 0.29) is 5.82 Å². The second kappa shape index (κ2) is 17.4. The van der Waals surface area contributed by atoms with Gasteiger partial charge in [-0.25, -0.2) is 23.6 Å². The molecule has 0 spiro atoms. The first-order chi connectivity index (χ1) is 22.4. The molecular weight excluding hydrogens is 627 g/mol. The van der Waals surface area contributed by atoms with E-state index >= 15 is 0 Å². The molecule has 0 bridgehead atoms. The van der Waals surface area contributed by atoms with Crippen LogP contribution in [-0.2, 0) is 32.0 Å². The monoisotopic (exact) mass is 662 g/mol. The molecule has 0 amide bonds. The fourth-order valence-corrected chi connectivity index (χ4v) is 4.82. The second-order valence-electron chi connectivity index (χ2n) is 10.2. The zero-order chi connectivity index (χ0) is 34.5. The molecule has 3 heterocycles. The number of halogens is 1. The summed E-state index contributed by atoms with van der Waals surface area (Å²) in [4.78, 5) is 41.4. The number of benzene rings is 2. The largest absolute Gasteiger partial charge is 0.493 e. The topological polar surface area (TPSA) is 226 Å². The van der Waals surface area contributed by atoms with Gasteiger partial charge in [0.15, 0.2) is 22.7 Å². The number of carboxylic acid groups (broad SMARTS) is 4. The van der Waals surface area contributed by atoms with Crippen LogP contribution in [0.2, 0.25) is 0 Å². The van der Waals surface area contributed by atoms with Crippen molar-refractivity contribution in [2.24, 2.45) is 0 Å². The summed E-state index contributed by atoms with van der Waals surface area (Å²) in [5, 5.41) is 39.9. The van der Waals surface area contributed by atoms with Crippen LogP contribution >= 0.6 is 0 Å². The van der Waals surface area contributed by atoms with Crippen molar-refractivity contribution in [1.82, 2.24) is 20.1 Å². The smallest absolute Gasteiger partial charge is 0.414 e. The Balaban J connectivity index is 0.000000428. The van der Waals surface area contributed by atoms with Crippen LogP contribution < -0.4 is 9.47 Å². The van der Waals surface area contributed by atoms with Crippen molar-refractivity contribution < 1.29 is 62.5 Å². The van der Waals surface area contributed by atoms with E-state index in [2.05, 4.69) is 20.1 Å². The minimum atomic E-state index is -1.82. The molecule has 4 aromatic rings. The van der Waals surface area contributed by atoms with E-state index in [1.54, 1.807) is 20.3 Å². The van der Waals surface area contributed by atoms with E-state index in [0.717, 1.165) is 92.7 Å². The minimum absolute atomic E-state index is 0.298. The van der Waals surface area contributed by atoms with E-state index in [4.69, 9.17) is 58.1 Å². The van der Waals surface area contributed by atoms with Gasteiger partial charge in [-0.1, -0.05) is 10.3 Å². The number of piperazine rings is 1. The molecule has 4 N–H and O–H groups in total. The van der Waals surface area contributed by atoms with Crippen molar-refractivity contribution in [3.63, 3.8) is 0 Å². The van der Waals surface area contributed by atoms with Crippen LogP contribution in [0, 0.1) is 5.82 Å². The number of rotatable bonds is 10. The van der Waals surface area contributed by atoms with Gasteiger partial charge in [-0.2, -0.15) is 0 Å². The molecule has 0 unspecified atom stereocenters. The van der Waals surface area contributed by atoms with Crippen LogP contribution in [0.5, 0.6) is 11.5 Å². The molecule has 1 aliphatic heterocycles. The third-order valence-corrected chi connectivity index (χ3v) is 7.17. The SMILES string of the molecule is COc1cc2onc(CCCN3CCN(CCCc4noc5cc(F)ccc45)CC3)c2cc1OC.O=C(O)C(=O)O.O=C(O)C(=O)O. The number of aryl methyl sites for hydroxylation is 2. The average Bonchev–Trinajstić information content (AvgIpc) is 3.64. The highest BCUT2D eigenvalue weighted by Gasteiger charge is 2.18. The molecular formula is C30H35FN4O12. The lowest BCUT2D eigenvalue weighted by molar-refractivity contribution is -0.159. The number of aliphatic carboxylic acids is 4. The lowest BCUT2D eigenvalue weighted by Gasteiger charge is -2.34. The van der Waals surface area contributed by atoms with Crippen molar-refractivity contribution in [1.29, 1.82) is 0 Å². The van der Waals surface area contributed by atoms with E-state index < -0.39 is 23.9 Å². The van der Waals surface area contributed by atoms with Crippen LogP contribution in [0.25, 0.3) is 21.9 Å². The first-order valence-corrected chi connectivity index (χ1v) is 14.3. The summed E-state index contributed by atoms with van der Waals surface area (Å²) in [5.41, 5.74) is 3.11. The molecule has 0 atom stereocenters. The maximum atomic E-state index is 13.3. The van der Waals surface area contributed by atoms with Crippen molar-refractivity contribution in [3.05, 3.63) is 47.5 Å². The summed E-state index contributed by atoms with van der Waals surface area (Å²) < 4.78 is 34.9. The van der Waals surface area contributed by atoms with Crippen molar-refractivity contribution in [2.45, 2.75) is 25.7 Å². The number of nitrogens with zero attached hydrogens (tertiary/aromatic N) is 4. The Kier molecular flexibility index (Phi) is 13.4.